The Hall–Kier alpha value is -1.23. The molecular formula is C7H8N2O2S. The number of carboxylic acid groups (broad SMARTS) is 1. The van der Waals surface area contributed by atoms with E-state index in [9.17, 15) is 4.79 Å². The van der Waals surface area contributed by atoms with Gasteiger partial charge < -0.3 is 9.83 Å². The van der Waals surface area contributed by atoms with Crippen molar-refractivity contribution in [3.8, 4) is 0 Å². The van der Waals surface area contributed by atoms with Crippen molar-refractivity contribution in [1.82, 2.24) is 4.98 Å². The summed E-state index contributed by atoms with van der Waals surface area (Å²) in [6, 6.07) is 1.53. The standard InChI is InChI=1S/C7H8N2O2S/c1-12-9-6-2-5(7(10)11)3-8-4-6/h2-4,9H,1H3,(H,10,11). The molecule has 5 heteroatoms. The Morgan fingerprint density at radius 3 is 3.00 bits per heavy atom. The lowest BCUT2D eigenvalue weighted by Crippen LogP contribution is -1.98. The number of nitrogens with one attached hydrogen (secondary N) is 1. The number of hydrogen-bond donors (Lipinski definition) is 2. The molecule has 0 aromatic carbocycles. The number of carboxylic acids is 1. The topological polar surface area (TPSA) is 62.2 Å². The number of aromatic nitrogens is 1. The fourth-order valence-corrected chi connectivity index (χ4v) is 1.08. The molecule has 0 bridgehead atoms. The van der Waals surface area contributed by atoms with Crippen LogP contribution >= 0.6 is 11.9 Å². The van der Waals surface area contributed by atoms with Gasteiger partial charge in [-0.2, -0.15) is 0 Å². The van der Waals surface area contributed by atoms with Crippen LogP contribution in [0, 0.1) is 0 Å². The summed E-state index contributed by atoms with van der Waals surface area (Å²) in [7, 11) is 0. The molecule has 0 saturated carbocycles. The summed E-state index contributed by atoms with van der Waals surface area (Å²) in [4.78, 5) is 14.3. The van der Waals surface area contributed by atoms with E-state index >= 15 is 0 Å². The molecule has 12 heavy (non-hydrogen) atoms. The molecule has 0 saturated heterocycles. The molecule has 0 aliphatic rings. The van der Waals surface area contributed by atoms with Gasteiger partial charge in [0, 0.05) is 12.5 Å². The van der Waals surface area contributed by atoms with Gasteiger partial charge in [0.15, 0.2) is 0 Å². The van der Waals surface area contributed by atoms with Crippen molar-refractivity contribution in [1.29, 1.82) is 0 Å². The smallest absolute Gasteiger partial charge is 0.337 e. The van der Waals surface area contributed by atoms with Gasteiger partial charge in [0.05, 0.1) is 17.4 Å². The SMILES string of the molecule is CSNc1cncc(C(=O)O)c1. The maximum absolute atomic E-state index is 10.5. The molecule has 1 aromatic rings. The predicted octanol–water partition coefficient (Wildman–Crippen LogP) is 1.47. The average molecular weight is 184 g/mol. The van der Waals surface area contributed by atoms with Crippen LogP contribution in [-0.2, 0) is 0 Å². The van der Waals surface area contributed by atoms with Crippen LogP contribution < -0.4 is 4.72 Å². The van der Waals surface area contributed by atoms with Crippen LogP contribution in [0.3, 0.4) is 0 Å². The Morgan fingerprint density at radius 1 is 1.67 bits per heavy atom. The highest BCUT2D eigenvalue weighted by atomic mass is 32.2. The second kappa shape index (κ2) is 3.96. The Kier molecular flexibility index (Phi) is 2.93. The highest BCUT2D eigenvalue weighted by Crippen LogP contribution is 2.11. The molecule has 0 spiro atoms. The molecule has 0 amide bonds. The van der Waals surface area contributed by atoms with Crippen LogP contribution in [0.4, 0.5) is 5.69 Å². The molecule has 64 valence electrons. The molecule has 0 radical (unpaired) electrons. The third kappa shape index (κ3) is 2.13. The quantitative estimate of drug-likeness (QED) is 0.696. The lowest BCUT2D eigenvalue weighted by Gasteiger charge is -2.01. The normalized spacial score (nSPS) is 9.42. The summed E-state index contributed by atoms with van der Waals surface area (Å²) in [5.74, 6) is -0.966. The molecule has 0 aliphatic carbocycles. The van der Waals surface area contributed by atoms with Crippen molar-refractivity contribution in [3.63, 3.8) is 0 Å². The highest BCUT2D eigenvalue weighted by Gasteiger charge is 2.02. The number of rotatable bonds is 3. The maximum atomic E-state index is 10.5. The first-order valence-electron chi connectivity index (χ1n) is 3.21. The number of aromatic carboxylic acids is 1. The van der Waals surface area contributed by atoms with E-state index in [0.29, 0.717) is 5.69 Å². The summed E-state index contributed by atoms with van der Waals surface area (Å²) in [6.45, 7) is 0. The van der Waals surface area contributed by atoms with Crippen LogP contribution in [-0.4, -0.2) is 22.3 Å². The Bertz CT molecular complexity index is 290. The fraction of sp³-hybridized carbons (Fsp3) is 0.143. The van der Waals surface area contributed by atoms with Gasteiger partial charge in [-0.05, 0) is 6.07 Å². The van der Waals surface area contributed by atoms with E-state index < -0.39 is 5.97 Å². The number of pyridine rings is 1. The van der Waals surface area contributed by atoms with Crippen LogP contribution in [0.2, 0.25) is 0 Å². The summed E-state index contributed by atoms with van der Waals surface area (Å²) >= 11 is 1.39. The van der Waals surface area contributed by atoms with Crippen molar-refractivity contribution >= 4 is 23.6 Å². The van der Waals surface area contributed by atoms with E-state index in [-0.39, 0.29) is 5.56 Å². The first-order chi connectivity index (χ1) is 5.74. The molecule has 4 nitrogen and oxygen atoms in total. The van der Waals surface area contributed by atoms with E-state index in [1.807, 2.05) is 6.26 Å². The van der Waals surface area contributed by atoms with Gasteiger partial charge in [-0.25, -0.2) is 4.79 Å². The van der Waals surface area contributed by atoms with Crippen molar-refractivity contribution in [2.45, 2.75) is 0 Å². The third-order valence-electron chi connectivity index (χ3n) is 1.21. The summed E-state index contributed by atoms with van der Waals surface area (Å²) in [6.07, 6.45) is 4.74. The molecule has 1 aromatic heterocycles. The second-order valence-electron chi connectivity index (χ2n) is 2.07. The van der Waals surface area contributed by atoms with Gasteiger partial charge in [0.2, 0.25) is 0 Å². The zero-order valence-corrected chi connectivity index (χ0v) is 7.26. The molecular weight excluding hydrogens is 176 g/mol. The molecule has 1 rings (SSSR count). The zero-order valence-electron chi connectivity index (χ0n) is 6.44. The Balaban J connectivity index is 2.88. The van der Waals surface area contributed by atoms with Gasteiger partial charge in [0.25, 0.3) is 0 Å². The zero-order chi connectivity index (χ0) is 8.97. The van der Waals surface area contributed by atoms with E-state index in [4.69, 9.17) is 5.11 Å². The van der Waals surface area contributed by atoms with Crippen molar-refractivity contribution in [2.24, 2.45) is 0 Å². The average Bonchev–Trinajstić information content (AvgIpc) is 2.05. The van der Waals surface area contributed by atoms with Gasteiger partial charge in [0.1, 0.15) is 0 Å². The van der Waals surface area contributed by atoms with E-state index in [1.165, 1.54) is 24.2 Å². The minimum Gasteiger partial charge on any atom is -0.478 e. The van der Waals surface area contributed by atoms with Gasteiger partial charge >= 0.3 is 5.97 Å². The van der Waals surface area contributed by atoms with Gasteiger partial charge in [-0.1, -0.05) is 11.9 Å². The van der Waals surface area contributed by atoms with Crippen molar-refractivity contribution in [2.75, 3.05) is 11.0 Å². The lowest BCUT2D eigenvalue weighted by atomic mass is 10.3. The van der Waals surface area contributed by atoms with Crippen molar-refractivity contribution in [3.05, 3.63) is 24.0 Å². The minimum atomic E-state index is -0.966. The Labute approximate surface area is 74.1 Å². The number of hydrogen-bond acceptors (Lipinski definition) is 4. The monoisotopic (exact) mass is 184 g/mol. The van der Waals surface area contributed by atoms with Crippen LogP contribution in [0.5, 0.6) is 0 Å². The van der Waals surface area contributed by atoms with E-state index in [2.05, 4.69) is 9.71 Å². The molecule has 0 aliphatic heterocycles. The largest absolute Gasteiger partial charge is 0.478 e. The summed E-state index contributed by atoms with van der Waals surface area (Å²) in [5, 5.41) is 8.60. The number of anilines is 1. The van der Waals surface area contributed by atoms with Crippen LogP contribution in [0.15, 0.2) is 18.5 Å². The van der Waals surface area contributed by atoms with Gasteiger partial charge in [-0.3, -0.25) is 4.98 Å². The Morgan fingerprint density at radius 2 is 2.42 bits per heavy atom. The molecule has 0 fully saturated rings. The highest BCUT2D eigenvalue weighted by molar-refractivity contribution is 7.99. The first-order valence-corrected chi connectivity index (χ1v) is 4.44. The minimum absolute atomic E-state index is 0.189. The maximum Gasteiger partial charge on any atom is 0.337 e. The van der Waals surface area contributed by atoms with Gasteiger partial charge in [-0.15, -0.1) is 0 Å². The molecule has 0 atom stereocenters. The van der Waals surface area contributed by atoms with Crippen LogP contribution in [0.1, 0.15) is 10.4 Å². The summed E-state index contributed by atoms with van der Waals surface area (Å²) < 4.78 is 2.89. The molecule has 2 N–H and O–H groups in total. The molecule has 1 heterocycles. The number of carbonyl (C=O) groups is 1. The molecule has 0 unspecified atom stereocenters. The fourth-order valence-electron chi connectivity index (χ4n) is 0.731. The van der Waals surface area contributed by atoms with E-state index in [0.717, 1.165) is 0 Å². The lowest BCUT2D eigenvalue weighted by molar-refractivity contribution is 0.0696. The number of nitrogens with zero attached hydrogens (tertiary/aromatic N) is 1. The first kappa shape index (κ1) is 8.86. The predicted molar refractivity (Wildman–Crippen MR) is 48.3 cm³/mol. The summed E-state index contributed by atoms with van der Waals surface area (Å²) in [5.41, 5.74) is 0.886. The third-order valence-corrected chi connectivity index (χ3v) is 1.64. The van der Waals surface area contributed by atoms with Crippen molar-refractivity contribution < 1.29 is 9.90 Å². The second-order valence-corrected chi connectivity index (χ2v) is 2.69. The van der Waals surface area contributed by atoms with Crippen LogP contribution in [0.25, 0.3) is 0 Å². The van der Waals surface area contributed by atoms with E-state index in [1.54, 1.807) is 6.20 Å².